The average Bonchev–Trinajstić information content (AvgIpc) is 3.28. The van der Waals surface area contributed by atoms with Crippen molar-refractivity contribution in [1.82, 2.24) is 19.8 Å². The number of nitrogens with two attached hydrogens (primary N) is 1. The molecule has 9 nitrogen and oxygen atoms in total. The van der Waals surface area contributed by atoms with E-state index in [4.69, 9.17) is 5.73 Å². The molecule has 0 spiro atoms. The highest BCUT2D eigenvalue weighted by molar-refractivity contribution is 14.1. The Kier molecular flexibility index (Phi) is 9.39. The van der Waals surface area contributed by atoms with E-state index in [9.17, 15) is 27.6 Å². The molecule has 0 unspecified atom stereocenters. The third-order valence-corrected chi connectivity index (χ3v) is 8.60. The fourth-order valence-corrected chi connectivity index (χ4v) is 6.37. The average molecular weight is 725 g/mol. The Morgan fingerprint density at radius 3 is 2.30 bits per heavy atom. The molecule has 3 aromatic carbocycles. The number of carbonyl (C=O) groups is 2. The maximum absolute atomic E-state index is 14.1. The van der Waals surface area contributed by atoms with Crippen molar-refractivity contribution in [3.8, 4) is 5.69 Å². The number of hydrogen-bond acceptors (Lipinski definition) is 6. The molecular weight excluding hydrogens is 696 g/mol. The predicted molar refractivity (Wildman–Crippen MR) is 168 cm³/mol. The second-order valence-electron chi connectivity index (χ2n) is 10.4. The third kappa shape index (κ3) is 6.79. The highest BCUT2D eigenvalue weighted by atomic mass is 127. The molecule has 43 heavy (non-hydrogen) atoms. The van der Waals surface area contributed by atoms with Gasteiger partial charge in [0.25, 0.3) is 11.8 Å². The minimum Gasteiger partial charge on any atom is -0.366 e. The molecule has 1 aromatic heterocycles. The molecule has 226 valence electrons. The normalized spacial score (nSPS) is 11.9. The summed E-state index contributed by atoms with van der Waals surface area (Å²) in [6, 6.07) is 14.4. The van der Waals surface area contributed by atoms with Gasteiger partial charge in [-0.05, 0) is 114 Å². The SMILES string of the molecule is CSCC(C)(C)N(C(=O)c1cccc(I)c1C(N)=O)c1ccc(Cn2nnn(-c3ccc(C(F)(F)F)cc3)c2=O)cc1C. The van der Waals surface area contributed by atoms with Crippen LogP contribution in [0.3, 0.4) is 0 Å². The van der Waals surface area contributed by atoms with Crippen molar-refractivity contribution in [2.75, 3.05) is 16.9 Å². The van der Waals surface area contributed by atoms with Crippen molar-refractivity contribution >= 4 is 51.9 Å². The van der Waals surface area contributed by atoms with Crippen LogP contribution in [0.25, 0.3) is 5.69 Å². The lowest BCUT2D eigenvalue weighted by Gasteiger charge is -2.39. The van der Waals surface area contributed by atoms with Gasteiger partial charge in [0.2, 0.25) is 0 Å². The Bertz CT molecular complexity index is 1730. The van der Waals surface area contributed by atoms with Crippen molar-refractivity contribution in [2.45, 2.75) is 39.0 Å². The van der Waals surface area contributed by atoms with Gasteiger partial charge in [0.1, 0.15) is 0 Å². The van der Waals surface area contributed by atoms with Gasteiger partial charge in [-0.15, -0.1) is 0 Å². The van der Waals surface area contributed by atoms with Crippen molar-refractivity contribution in [3.05, 3.63) is 103 Å². The van der Waals surface area contributed by atoms with E-state index in [2.05, 4.69) is 10.4 Å². The number of hydrogen-bond donors (Lipinski definition) is 1. The Labute approximate surface area is 263 Å². The Balaban J connectivity index is 1.68. The zero-order valence-corrected chi connectivity index (χ0v) is 26.6. The first-order valence-electron chi connectivity index (χ1n) is 12.9. The summed E-state index contributed by atoms with van der Waals surface area (Å²) in [5.74, 6) is -0.478. The first-order chi connectivity index (χ1) is 20.2. The molecule has 0 aliphatic rings. The van der Waals surface area contributed by atoms with Crippen molar-refractivity contribution in [3.63, 3.8) is 0 Å². The van der Waals surface area contributed by atoms with Gasteiger partial charge in [0.05, 0.1) is 34.5 Å². The minimum atomic E-state index is -4.50. The maximum Gasteiger partial charge on any atom is 0.416 e. The Hall–Kier alpha value is -3.66. The second-order valence-corrected chi connectivity index (χ2v) is 12.4. The number of benzene rings is 3. The van der Waals surface area contributed by atoms with Gasteiger partial charge in [-0.2, -0.15) is 34.3 Å². The molecule has 2 N–H and O–H groups in total. The molecule has 14 heteroatoms. The van der Waals surface area contributed by atoms with E-state index in [-0.39, 0.29) is 29.3 Å². The number of aromatic nitrogens is 4. The topological polar surface area (TPSA) is 116 Å². The molecule has 4 rings (SSSR count). The first kappa shape index (κ1) is 32.3. The van der Waals surface area contributed by atoms with E-state index in [1.807, 2.05) is 55.7 Å². The van der Waals surface area contributed by atoms with E-state index in [1.165, 1.54) is 0 Å². The summed E-state index contributed by atoms with van der Waals surface area (Å²) >= 11 is 3.56. The van der Waals surface area contributed by atoms with Crippen LogP contribution >= 0.6 is 34.4 Å². The maximum atomic E-state index is 14.1. The van der Waals surface area contributed by atoms with E-state index in [0.29, 0.717) is 20.6 Å². The van der Waals surface area contributed by atoms with Crippen LogP contribution in [-0.2, 0) is 12.7 Å². The Morgan fingerprint density at radius 2 is 1.72 bits per heavy atom. The van der Waals surface area contributed by atoms with Crippen LogP contribution < -0.4 is 16.3 Å². The zero-order chi connectivity index (χ0) is 31.7. The number of thioether (sulfide) groups is 1. The number of amides is 2. The first-order valence-corrected chi connectivity index (χ1v) is 15.3. The molecule has 0 saturated heterocycles. The van der Waals surface area contributed by atoms with Crippen molar-refractivity contribution < 1.29 is 22.8 Å². The minimum absolute atomic E-state index is 0.0332. The number of anilines is 1. The van der Waals surface area contributed by atoms with E-state index in [1.54, 1.807) is 47.0 Å². The van der Waals surface area contributed by atoms with E-state index in [0.717, 1.165) is 39.2 Å². The molecular formula is C29H28F3IN6O3S. The molecule has 0 aliphatic carbocycles. The molecule has 4 aromatic rings. The standard InChI is InChI=1S/C29H28F3IN6O3S/c1-17-14-18(15-37-27(42)39(36-35-37)20-11-9-19(10-12-20)29(30,31)32)8-13-23(17)38(28(2,3)16-43-4)26(41)21-6-5-7-22(33)24(21)25(34)40/h5-14H,15-16H2,1-4H3,(H2,34,40). The molecule has 0 radical (unpaired) electrons. The number of aryl methyl sites for hydroxylation is 1. The summed E-state index contributed by atoms with van der Waals surface area (Å²) < 4.78 is 41.3. The van der Waals surface area contributed by atoms with E-state index < -0.39 is 28.9 Å². The fraction of sp³-hybridized carbons (Fsp3) is 0.276. The number of primary amides is 1. The van der Waals surface area contributed by atoms with Crippen LogP contribution in [0.15, 0.2) is 65.5 Å². The summed E-state index contributed by atoms with van der Waals surface area (Å²) in [4.78, 5) is 41.0. The van der Waals surface area contributed by atoms with Crippen LogP contribution in [0.1, 0.15) is 51.3 Å². The Morgan fingerprint density at radius 1 is 1.05 bits per heavy atom. The number of alkyl halides is 3. The van der Waals surface area contributed by atoms with E-state index >= 15 is 0 Å². The molecule has 0 bridgehead atoms. The largest absolute Gasteiger partial charge is 0.416 e. The number of rotatable bonds is 9. The fourth-order valence-electron chi connectivity index (χ4n) is 4.77. The monoisotopic (exact) mass is 724 g/mol. The van der Waals surface area contributed by atoms with Gasteiger partial charge >= 0.3 is 11.9 Å². The number of tetrazole rings is 1. The van der Waals surface area contributed by atoms with Gasteiger partial charge in [0, 0.05) is 15.0 Å². The van der Waals surface area contributed by atoms with Crippen molar-refractivity contribution in [2.24, 2.45) is 5.73 Å². The van der Waals surface area contributed by atoms with Crippen LogP contribution in [0.4, 0.5) is 18.9 Å². The lowest BCUT2D eigenvalue weighted by molar-refractivity contribution is -0.137. The second kappa shape index (κ2) is 12.5. The summed E-state index contributed by atoms with van der Waals surface area (Å²) in [5.41, 5.74) is 6.05. The van der Waals surface area contributed by atoms with Crippen LogP contribution in [0, 0.1) is 10.5 Å². The van der Waals surface area contributed by atoms with Gasteiger partial charge < -0.3 is 10.6 Å². The summed E-state index contributed by atoms with van der Waals surface area (Å²) in [7, 11) is 0. The molecule has 2 amide bonds. The van der Waals surface area contributed by atoms with Crippen LogP contribution in [0.5, 0.6) is 0 Å². The summed E-state index contributed by atoms with van der Waals surface area (Å²) in [6.45, 7) is 5.74. The van der Waals surface area contributed by atoms with Crippen LogP contribution in [0.2, 0.25) is 0 Å². The molecule has 1 heterocycles. The van der Waals surface area contributed by atoms with Gasteiger partial charge in [-0.25, -0.2) is 4.79 Å². The molecule has 0 atom stereocenters. The smallest absolute Gasteiger partial charge is 0.366 e. The zero-order valence-electron chi connectivity index (χ0n) is 23.6. The van der Waals surface area contributed by atoms with Crippen molar-refractivity contribution in [1.29, 1.82) is 0 Å². The lowest BCUT2D eigenvalue weighted by Crippen LogP contribution is -2.50. The van der Waals surface area contributed by atoms with Crippen LogP contribution in [-0.4, -0.2) is 49.2 Å². The van der Waals surface area contributed by atoms with Gasteiger partial charge in [-0.1, -0.05) is 18.2 Å². The summed E-state index contributed by atoms with van der Waals surface area (Å²) in [5, 5.41) is 7.72. The molecule has 0 saturated carbocycles. The summed E-state index contributed by atoms with van der Waals surface area (Å²) in [6.07, 6.45) is -2.56. The number of carbonyl (C=O) groups excluding carboxylic acids is 2. The van der Waals surface area contributed by atoms with Gasteiger partial charge in [0.15, 0.2) is 0 Å². The van der Waals surface area contributed by atoms with Gasteiger partial charge in [-0.3, -0.25) is 9.59 Å². The lowest BCUT2D eigenvalue weighted by atomic mass is 9.97. The quantitative estimate of drug-likeness (QED) is 0.235. The molecule has 0 fully saturated rings. The predicted octanol–water partition coefficient (Wildman–Crippen LogP) is 5.30. The molecule has 0 aliphatic heterocycles. The highest BCUT2D eigenvalue weighted by Crippen LogP contribution is 2.33. The number of nitrogens with zero attached hydrogens (tertiary/aromatic N) is 5. The highest BCUT2D eigenvalue weighted by Gasteiger charge is 2.35. The number of halogens is 4. The third-order valence-electron chi connectivity index (χ3n) is 6.71.